The zero-order chi connectivity index (χ0) is 23.7. The summed E-state index contributed by atoms with van der Waals surface area (Å²) in [7, 11) is -4.50. The predicted molar refractivity (Wildman–Crippen MR) is 130 cm³/mol. The Morgan fingerprint density at radius 1 is 0.938 bits per heavy atom. The number of nitrogens with two attached hydrogens (primary N) is 1. The molecule has 6 nitrogen and oxygen atoms in total. The van der Waals surface area contributed by atoms with Gasteiger partial charge in [-0.1, -0.05) is 76.5 Å². The molecule has 0 saturated heterocycles. The van der Waals surface area contributed by atoms with E-state index >= 15 is 0 Å². The third-order valence-corrected chi connectivity index (χ3v) is 6.33. The van der Waals surface area contributed by atoms with Gasteiger partial charge in [0.1, 0.15) is 11.6 Å². The van der Waals surface area contributed by atoms with Crippen molar-refractivity contribution in [2.24, 2.45) is 5.73 Å². The highest BCUT2D eigenvalue weighted by Crippen LogP contribution is 2.29. The third-order valence-electron chi connectivity index (χ3n) is 5.45. The molecular weight excluding hydrogens is 426 g/mol. The van der Waals surface area contributed by atoms with Gasteiger partial charge in [0, 0.05) is 6.42 Å². The van der Waals surface area contributed by atoms with Crippen LogP contribution in [0.1, 0.15) is 107 Å². The van der Waals surface area contributed by atoms with E-state index < -0.39 is 15.0 Å². The largest absolute Gasteiger partial charge is 0.476 e. The molecule has 0 aromatic heterocycles. The van der Waals surface area contributed by atoms with Gasteiger partial charge in [0.05, 0.1) is 5.56 Å². The van der Waals surface area contributed by atoms with Gasteiger partial charge in [-0.2, -0.15) is 8.42 Å². The Bertz CT molecular complexity index is 790. The molecule has 0 unspecified atom stereocenters. The lowest BCUT2D eigenvalue weighted by molar-refractivity contribution is 0.0974. The summed E-state index contributed by atoms with van der Waals surface area (Å²) in [4.78, 5) is 12.1. The van der Waals surface area contributed by atoms with E-state index in [4.69, 9.17) is 10.5 Å². The van der Waals surface area contributed by atoms with Crippen LogP contribution in [0.2, 0.25) is 0 Å². The topological polar surface area (TPSA) is 107 Å². The first-order valence-corrected chi connectivity index (χ1v) is 13.5. The fourth-order valence-corrected chi connectivity index (χ4v) is 4.32. The molecule has 7 heteroatoms. The Balaban J connectivity index is 2.23. The zero-order valence-corrected chi connectivity index (χ0v) is 20.4. The summed E-state index contributed by atoms with van der Waals surface area (Å²) in [5, 5.41) is 0. The number of rotatable bonds is 19. The van der Waals surface area contributed by atoms with E-state index in [1.807, 2.05) is 0 Å². The predicted octanol–water partition coefficient (Wildman–Crippen LogP) is 6.45. The van der Waals surface area contributed by atoms with E-state index in [-0.39, 0.29) is 23.8 Å². The monoisotopic (exact) mass is 467 g/mol. The van der Waals surface area contributed by atoms with Crippen LogP contribution in [0.25, 0.3) is 0 Å². The van der Waals surface area contributed by atoms with E-state index in [0.717, 1.165) is 38.5 Å². The van der Waals surface area contributed by atoms with E-state index in [9.17, 15) is 17.8 Å². The highest BCUT2D eigenvalue weighted by Gasteiger charge is 2.22. The molecular formula is C25H41NO5S. The Kier molecular flexibility index (Phi) is 14.9. The maximum absolute atomic E-state index is 12.5. The smallest absolute Gasteiger partial charge is 0.298 e. The number of ketones is 1. The van der Waals surface area contributed by atoms with Crippen molar-refractivity contribution in [2.75, 3.05) is 6.73 Å². The molecule has 0 bridgehead atoms. The standard InChI is InChI=1S/C25H41NO5S/c1-2-3-4-5-6-7-8-9-10-11-12-13-14-15-16-19-23(27)22-18-17-20-24(32(28,29)30)25(22)31-21-26/h9-10,17-18,20H,2-8,11-16,19,21,26H2,1H3,(H,28,29,30)/b10-9-. The van der Waals surface area contributed by atoms with Crippen molar-refractivity contribution in [3.05, 3.63) is 35.9 Å². The molecule has 3 N–H and O–H groups in total. The average Bonchev–Trinajstić information content (AvgIpc) is 2.76. The summed E-state index contributed by atoms with van der Waals surface area (Å²) in [5.41, 5.74) is 5.50. The van der Waals surface area contributed by atoms with Crippen LogP contribution >= 0.6 is 0 Å². The van der Waals surface area contributed by atoms with E-state index in [0.29, 0.717) is 6.42 Å². The highest BCUT2D eigenvalue weighted by molar-refractivity contribution is 7.86. The first kappa shape index (κ1) is 28.3. The van der Waals surface area contributed by atoms with Gasteiger partial charge in [0.25, 0.3) is 10.1 Å². The van der Waals surface area contributed by atoms with Crippen molar-refractivity contribution in [3.63, 3.8) is 0 Å². The maximum atomic E-state index is 12.5. The molecule has 1 rings (SSSR count). The SMILES string of the molecule is CCCCCCCC/C=C\CCCCCCCC(=O)c1cccc(S(=O)(=O)O)c1OCN. The van der Waals surface area contributed by atoms with Crippen LogP contribution in [-0.4, -0.2) is 25.5 Å². The second-order valence-corrected chi connectivity index (χ2v) is 9.57. The highest BCUT2D eigenvalue weighted by atomic mass is 32.2. The molecule has 0 spiro atoms. The van der Waals surface area contributed by atoms with Gasteiger partial charge in [-0.05, 0) is 44.2 Å². The summed E-state index contributed by atoms with van der Waals surface area (Å²) < 4.78 is 37.6. The lowest BCUT2D eigenvalue weighted by Gasteiger charge is -2.12. The number of hydrogen-bond donors (Lipinski definition) is 2. The normalized spacial score (nSPS) is 11.8. The first-order valence-electron chi connectivity index (χ1n) is 12.0. The van der Waals surface area contributed by atoms with Crippen LogP contribution in [0.5, 0.6) is 5.75 Å². The number of para-hydroxylation sites is 1. The Hall–Kier alpha value is -1.70. The lowest BCUT2D eigenvalue weighted by atomic mass is 10.0. The molecule has 1 aromatic rings. The second kappa shape index (κ2) is 16.9. The number of carbonyl (C=O) groups excluding carboxylic acids is 1. The van der Waals surface area contributed by atoms with Crippen molar-refractivity contribution >= 4 is 15.9 Å². The Morgan fingerprint density at radius 2 is 1.50 bits per heavy atom. The van der Waals surface area contributed by atoms with Gasteiger partial charge in [-0.25, -0.2) is 0 Å². The minimum absolute atomic E-state index is 0.140. The van der Waals surface area contributed by atoms with Crippen LogP contribution in [0, 0.1) is 0 Å². The Morgan fingerprint density at radius 3 is 2.06 bits per heavy atom. The molecule has 0 saturated carbocycles. The molecule has 0 aliphatic rings. The quantitative estimate of drug-likeness (QED) is 0.0796. The van der Waals surface area contributed by atoms with Gasteiger partial charge in [-0.3, -0.25) is 15.1 Å². The number of ether oxygens (including phenoxy) is 1. The summed E-state index contributed by atoms with van der Waals surface area (Å²) in [6, 6.07) is 4.11. The molecule has 182 valence electrons. The Labute approximate surface area is 194 Å². The van der Waals surface area contributed by atoms with Gasteiger partial charge >= 0.3 is 0 Å². The van der Waals surface area contributed by atoms with Gasteiger partial charge in [-0.15, -0.1) is 0 Å². The molecule has 0 radical (unpaired) electrons. The fourth-order valence-electron chi connectivity index (χ4n) is 3.66. The molecule has 1 aromatic carbocycles. The van der Waals surface area contributed by atoms with Gasteiger partial charge in [0.2, 0.25) is 0 Å². The number of benzene rings is 1. The molecule has 0 aliphatic carbocycles. The molecule has 0 heterocycles. The minimum Gasteiger partial charge on any atom is -0.476 e. The number of unbranched alkanes of at least 4 members (excludes halogenated alkanes) is 11. The number of carbonyl (C=O) groups is 1. The second-order valence-electron chi connectivity index (χ2n) is 8.18. The van der Waals surface area contributed by atoms with Crippen LogP contribution in [0.15, 0.2) is 35.2 Å². The van der Waals surface area contributed by atoms with E-state index in [2.05, 4.69) is 19.1 Å². The summed E-state index contributed by atoms with van der Waals surface area (Å²) in [6.45, 7) is 1.95. The number of hydrogen-bond acceptors (Lipinski definition) is 5. The van der Waals surface area contributed by atoms with Crippen molar-refractivity contribution in [2.45, 2.75) is 102 Å². The van der Waals surface area contributed by atoms with Crippen LogP contribution < -0.4 is 10.5 Å². The summed E-state index contributed by atoms with van der Waals surface area (Å²) >= 11 is 0. The van der Waals surface area contributed by atoms with Crippen LogP contribution in [0.3, 0.4) is 0 Å². The average molecular weight is 468 g/mol. The van der Waals surface area contributed by atoms with Crippen molar-refractivity contribution in [1.82, 2.24) is 0 Å². The third kappa shape index (κ3) is 11.8. The van der Waals surface area contributed by atoms with E-state index in [1.165, 1.54) is 63.1 Å². The number of Topliss-reactive ketones (excluding diaryl/α,β-unsaturated/α-hetero) is 1. The molecule has 0 atom stereocenters. The first-order chi connectivity index (χ1) is 15.4. The van der Waals surface area contributed by atoms with Crippen molar-refractivity contribution in [1.29, 1.82) is 0 Å². The summed E-state index contributed by atoms with van der Waals surface area (Å²) in [5.74, 6) is -0.383. The molecule has 32 heavy (non-hydrogen) atoms. The van der Waals surface area contributed by atoms with Crippen LogP contribution in [0.4, 0.5) is 0 Å². The molecule has 0 aliphatic heterocycles. The summed E-state index contributed by atoms with van der Waals surface area (Å²) in [6.07, 6.45) is 20.2. The lowest BCUT2D eigenvalue weighted by Crippen LogP contribution is -2.14. The van der Waals surface area contributed by atoms with Crippen molar-refractivity contribution in [3.8, 4) is 5.75 Å². The molecule has 0 amide bonds. The minimum atomic E-state index is -4.50. The van der Waals surface area contributed by atoms with Gasteiger partial charge < -0.3 is 4.74 Å². The van der Waals surface area contributed by atoms with Gasteiger partial charge in [0.15, 0.2) is 11.5 Å². The van der Waals surface area contributed by atoms with Crippen molar-refractivity contribution < 1.29 is 22.5 Å². The maximum Gasteiger partial charge on any atom is 0.298 e. The van der Waals surface area contributed by atoms with Crippen LogP contribution in [-0.2, 0) is 10.1 Å². The number of allylic oxidation sites excluding steroid dienone is 2. The van der Waals surface area contributed by atoms with E-state index in [1.54, 1.807) is 0 Å². The zero-order valence-electron chi connectivity index (χ0n) is 19.6. The fraction of sp³-hybridized carbons (Fsp3) is 0.640. The molecule has 0 fully saturated rings.